The lowest BCUT2D eigenvalue weighted by atomic mass is 9.83. The fourth-order valence-corrected chi connectivity index (χ4v) is 6.46. The van der Waals surface area contributed by atoms with Crippen LogP contribution < -0.4 is 24.0 Å². The molecule has 2 aliphatic heterocycles. The van der Waals surface area contributed by atoms with Crippen molar-refractivity contribution in [3.63, 3.8) is 0 Å². The van der Waals surface area contributed by atoms with Crippen LogP contribution in [0.4, 0.5) is 0 Å². The number of esters is 1. The second-order valence-corrected chi connectivity index (χ2v) is 9.42. The van der Waals surface area contributed by atoms with Crippen LogP contribution in [0.5, 0.6) is 0 Å². The third-order valence-corrected chi connectivity index (χ3v) is 7.99. The Labute approximate surface area is 199 Å². The van der Waals surface area contributed by atoms with Gasteiger partial charge in [0.25, 0.3) is 0 Å². The Morgan fingerprint density at radius 2 is 1.77 bits per heavy atom. The highest BCUT2D eigenvalue weighted by Gasteiger charge is 2.53. The molecule has 0 radical (unpaired) electrons. The lowest BCUT2D eigenvalue weighted by Gasteiger charge is -2.49. The van der Waals surface area contributed by atoms with Gasteiger partial charge in [-0.25, -0.2) is 0 Å². The molecule has 0 amide bonds. The van der Waals surface area contributed by atoms with E-state index in [-0.39, 0.29) is 42.0 Å². The van der Waals surface area contributed by atoms with Gasteiger partial charge in [0.1, 0.15) is 6.10 Å². The maximum Gasteiger partial charge on any atom is 0.313 e. The maximum atomic E-state index is 13.2. The molecule has 4 rings (SSSR count). The van der Waals surface area contributed by atoms with Crippen molar-refractivity contribution in [1.29, 1.82) is 0 Å². The van der Waals surface area contributed by atoms with Gasteiger partial charge in [-0.3, -0.25) is 4.79 Å². The molecule has 1 aromatic rings. The van der Waals surface area contributed by atoms with Gasteiger partial charge in [0, 0.05) is 25.7 Å². The van der Waals surface area contributed by atoms with Crippen molar-refractivity contribution in [1.82, 2.24) is 0 Å². The zero-order valence-corrected chi connectivity index (χ0v) is 20.9. The van der Waals surface area contributed by atoms with Gasteiger partial charge in [0.2, 0.25) is 0 Å². The van der Waals surface area contributed by atoms with Crippen LogP contribution in [0.2, 0.25) is 0 Å². The Kier molecular flexibility index (Phi) is 8.42. The number of benzene rings is 1. The number of hydrogen-bond acceptors (Lipinski definition) is 2. The first-order valence-electron chi connectivity index (χ1n) is 12.0. The van der Waals surface area contributed by atoms with Crippen LogP contribution in [0, 0.1) is 5.92 Å². The van der Waals surface area contributed by atoms with E-state index in [1.807, 2.05) is 6.07 Å². The molecule has 3 nitrogen and oxygen atoms in total. The summed E-state index contributed by atoms with van der Waals surface area (Å²) in [5.74, 6) is -0.0643. The molecule has 30 heavy (non-hydrogen) atoms. The van der Waals surface area contributed by atoms with Gasteiger partial charge >= 0.3 is 5.97 Å². The first kappa shape index (κ1) is 23.8. The number of carbonyl (C=O) groups excluding carboxylic acids is 1. The maximum absolute atomic E-state index is 13.2. The van der Waals surface area contributed by atoms with E-state index in [1.165, 1.54) is 54.4 Å². The number of hydrogen-bond donors (Lipinski definition) is 0. The van der Waals surface area contributed by atoms with Crippen molar-refractivity contribution in [3.8, 4) is 0 Å². The third-order valence-electron chi connectivity index (χ3n) is 7.99. The molecule has 0 spiro atoms. The second kappa shape index (κ2) is 10.6. The van der Waals surface area contributed by atoms with E-state index in [2.05, 4.69) is 44.2 Å². The number of carbonyl (C=O) groups is 1. The fraction of sp³-hybridized carbons (Fsp3) is 0.654. The minimum Gasteiger partial charge on any atom is -1.00 e. The van der Waals surface area contributed by atoms with Gasteiger partial charge in [0.15, 0.2) is 0 Å². The largest absolute Gasteiger partial charge is 1.00 e. The Balaban J connectivity index is 0.00000256. The summed E-state index contributed by atoms with van der Waals surface area (Å²) in [5, 5.41) is 0. The minimum atomic E-state index is -0.0868. The molecule has 2 fully saturated rings. The molecule has 3 aliphatic rings. The molecule has 1 aromatic carbocycles. The summed E-state index contributed by atoms with van der Waals surface area (Å²) in [7, 11) is 0. The van der Waals surface area contributed by atoms with Crippen molar-refractivity contribution in [3.05, 3.63) is 42.0 Å². The highest BCUT2D eigenvalue weighted by Crippen LogP contribution is 2.44. The average molecular weight is 523 g/mol. The average Bonchev–Trinajstić information content (AvgIpc) is 2.94. The van der Waals surface area contributed by atoms with E-state index in [9.17, 15) is 4.79 Å². The van der Waals surface area contributed by atoms with E-state index in [0.29, 0.717) is 12.1 Å². The number of nitrogens with zero attached hydrogens (tertiary/aromatic N) is 1. The van der Waals surface area contributed by atoms with E-state index >= 15 is 0 Å². The number of rotatable bonds is 7. The zero-order valence-electron chi connectivity index (χ0n) is 18.7. The van der Waals surface area contributed by atoms with E-state index < -0.39 is 0 Å². The standard InChI is InChI=1S/C26H38NO2.HI/c1-3-5-17-27(4-2)21-15-16-22(27)19-23(18-21)29-26(28)25-14-10-9-13-24(25)20-11-7-6-8-12-20;/h6-8,11-13,21-23,25H,3-5,9-10,14-19H2,1-2H3;1H/q+1;/p-1/t21-,22+,23?,25?,27?;. The number of ether oxygens (including phenoxy) is 1. The number of halogens is 1. The van der Waals surface area contributed by atoms with Crippen LogP contribution in [0.1, 0.15) is 77.2 Å². The van der Waals surface area contributed by atoms with Gasteiger partial charge in [-0.15, -0.1) is 0 Å². The van der Waals surface area contributed by atoms with Crippen LogP contribution in [0.25, 0.3) is 5.57 Å². The molecule has 166 valence electrons. The highest BCUT2D eigenvalue weighted by molar-refractivity contribution is 5.89. The lowest BCUT2D eigenvalue weighted by Crippen LogP contribution is -3.00. The molecule has 1 aliphatic carbocycles. The predicted octanol–water partition coefficient (Wildman–Crippen LogP) is 2.75. The van der Waals surface area contributed by atoms with Gasteiger partial charge in [-0.2, -0.15) is 0 Å². The number of quaternary nitrogens is 1. The lowest BCUT2D eigenvalue weighted by molar-refractivity contribution is -0.965. The van der Waals surface area contributed by atoms with Gasteiger partial charge in [0.05, 0.1) is 31.1 Å². The Morgan fingerprint density at radius 3 is 2.40 bits per heavy atom. The first-order valence-corrected chi connectivity index (χ1v) is 12.0. The fourth-order valence-electron chi connectivity index (χ4n) is 6.46. The molecule has 0 aromatic heterocycles. The van der Waals surface area contributed by atoms with E-state index in [1.54, 1.807) is 0 Å². The number of allylic oxidation sites excluding steroid dienone is 1. The monoisotopic (exact) mass is 523 g/mol. The molecule has 5 atom stereocenters. The molecule has 2 heterocycles. The quantitative estimate of drug-likeness (QED) is 0.312. The Hall–Kier alpha value is -0.880. The van der Waals surface area contributed by atoms with E-state index in [4.69, 9.17) is 4.74 Å². The van der Waals surface area contributed by atoms with Crippen LogP contribution in [-0.4, -0.2) is 41.7 Å². The normalized spacial score (nSPS) is 32.8. The predicted molar refractivity (Wildman–Crippen MR) is 118 cm³/mol. The van der Waals surface area contributed by atoms with Crippen LogP contribution in [0.3, 0.4) is 0 Å². The van der Waals surface area contributed by atoms with Crippen molar-refractivity contribution in [2.24, 2.45) is 5.92 Å². The first-order chi connectivity index (χ1) is 14.2. The molecular weight excluding hydrogens is 485 g/mol. The van der Waals surface area contributed by atoms with Crippen molar-refractivity contribution in [2.75, 3.05) is 13.1 Å². The minimum absolute atomic E-state index is 0. The van der Waals surface area contributed by atoms with E-state index in [0.717, 1.165) is 32.1 Å². The number of unbranched alkanes of at least 4 members (excludes halogenated alkanes) is 1. The summed E-state index contributed by atoms with van der Waals surface area (Å²) < 4.78 is 7.51. The summed E-state index contributed by atoms with van der Waals surface area (Å²) in [5.41, 5.74) is 2.36. The molecule has 2 saturated heterocycles. The van der Waals surface area contributed by atoms with Crippen molar-refractivity contribution >= 4 is 11.5 Å². The van der Waals surface area contributed by atoms with Crippen LogP contribution >= 0.6 is 0 Å². The molecule has 0 N–H and O–H groups in total. The molecule has 2 bridgehead atoms. The summed E-state index contributed by atoms with van der Waals surface area (Å²) in [6, 6.07) is 11.8. The summed E-state index contributed by atoms with van der Waals surface area (Å²) in [4.78, 5) is 13.2. The summed E-state index contributed by atoms with van der Waals surface area (Å²) in [6.45, 7) is 7.21. The summed E-state index contributed by atoms with van der Waals surface area (Å²) >= 11 is 0. The smallest absolute Gasteiger partial charge is 0.313 e. The number of fused-ring (bicyclic) bond motifs is 2. The van der Waals surface area contributed by atoms with Crippen molar-refractivity contribution < 1.29 is 38.0 Å². The van der Waals surface area contributed by atoms with Crippen LogP contribution in [0.15, 0.2) is 36.4 Å². The van der Waals surface area contributed by atoms with Gasteiger partial charge in [-0.1, -0.05) is 49.8 Å². The zero-order chi connectivity index (χ0) is 20.3. The van der Waals surface area contributed by atoms with Crippen LogP contribution in [-0.2, 0) is 9.53 Å². The Bertz CT molecular complexity index is 718. The van der Waals surface area contributed by atoms with Gasteiger partial charge < -0.3 is 33.2 Å². The number of piperidine rings is 1. The topological polar surface area (TPSA) is 26.3 Å². The second-order valence-electron chi connectivity index (χ2n) is 9.42. The Morgan fingerprint density at radius 1 is 1.07 bits per heavy atom. The summed E-state index contributed by atoms with van der Waals surface area (Å²) in [6.07, 6.45) is 12.8. The molecule has 4 heteroatoms. The molecule has 3 unspecified atom stereocenters. The molecule has 0 saturated carbocycles. The third kappa shape index (κ3) is 4.64. The van der Waals surface area contributed by atoms with Crippen molar-refractivity contribution in [2.45, 2.75) is 89.8 Å². The molecular formula is C26H38INO2. The SMILES string of the molecule is CCCC[N+]1(CC)[C@@H]2CC[C@H]1CC(OC(=O)C1CCCC=C1c1ccccc1)C2.[I-]. The highest BCUT2D eigenvalue weighted by atomic mass is 127. The van der Waals surface area contributed by atoms with Gasteiger partial charge in [-0.05, 0) is 43.7 Å².